The van der Waals surface area contributed by atoms with Crippen molar-refractivity contribution in [1.82, 2.24) is 10.3 Å². The molecule has 2 heterocycles. The summed E-state index contributed by atoms with van der Waals surface area (Å²) in [5.41, 5.74) is 4.85. The molecule has 0 amide bonds. The van der Waals surface area contributed by atoms with Crippen LogP contribution in [0.5, 0.6) is 0 Å². The Morgan fingerprint density at radius 1 is 1.05 bits per heavy atom. The molecule has 2 aromatic carbocycles. The van der Waals surface area contributed by atoms with Crippen LogP contribution in [0.1, 0.15) is 28.4 Å². The van der Waals surface area contributed by atoms with Crippen LogP contribution < -0.4 is 5.32 Å². The average Bonchev–Trinajstić information content (AvgIpc) is 2.84. The molecule has 0 aliphatic carbocycles. The first-order valence-corrected chi connectivity index (χ1v) is 7.42. The van der Waals surface area contributed by atoms with Gasteiger partial charge in [-0.05, 0) is 60.4 Å². The van der Waals surface area contributed by atoms with Gasteiger partial charge in [0.25, 0.3) is 0 Å². The number of aromatic amines is 1. The molecule has 0 fully saturated rings. The lowest BCUT2D eigenvalue weighted by molar-refractivity contribution is 0.553. The van der Waals surface area contributed by atoms with Crippen molar-refractivity contribution in [2.75, 3.05) is 6.54 Å². The third-order valence-electron chi connectivity index (χ3n) is 4.31. The predicted octanol–water partition coefficient (Wildman–Crippen LogP) is 3.99. The van der Waals surface area contributed by atoms with Crippen LogP contribution in [0.2, 0.25) is 0 Å². The number of fused-ring (bicyclic) bond motifs is 3. The van der Waals surface area contributed by atoms with E-state index in [-0.39, 0.29) is 17.7 Å². The molecule has 3 aromatic rings. The minimum absolute atomic E-state index is 0.0892. The summed E-state index contributed by atoms with van der Waals surface area (Å²) in [6.07, 6.45) is 0.837. The van der Waals surface area contributed by atoms with Crippen molar-refractivity contribution in [3.8, 4) is 0 Å². The van der Waals surface area contributed by atoms with Gasteiger partial charge in [0.2, 0.25) is 0 Å². The predicted molar refractivity (Wildman–Crippen MR) is 82.9 cm³/mol. The van der Waals surface area contributed by atoms with E-state index in [2.05, 4.69) is 10.3 Å². The summed E-state index contributed by atoms with van der Waals surface area (Å²) in [7, 11) is 0. The molecule has 0 radical (unpaired) electrons. The number of H-pyrrole nitrogens is 1. The van der Waals surface area contributed by atoms with E-state index in [4.69, 9.17) is 0 Å². The van der Waals surface area contributed by atoms with Crippen molar-refractivity contribution in [3.05, 3.63) is 70.4 Å². The Morgan fingerprint density at radius 2 is 1.91 bits per heavy atom. The van der Waals surface area contributed by atoms with Crippen molar-refractivity contribution in [3.63, 3.8) is 0 Å². The number of halogens is 2. The van der Waals surface area contributed by atoms with E-state index in [9.17, 15) is 8.78 Å². The molecule has 1 aliphatic heterocycles. The number of hydrogen-bond donors (Lipinski definition) is 2. The molecule has 1 aliphatic rings. The molecule has 0 saturated carbocycles. The zero-order valence-corrected chi connectivity index (χ0v) is 12.2. The Labute approximate surface area is 127 Å². The largest absolute Gasteiger partial charge is 0.357 e. The second-order valence-corrected chi connectivity index (χ2v) is 5.91. The third kappa shape index (κ3) is 2.11. The lowest BCUT2D eigenvalue weighted by atomic mass is 9.93. The standard InChI is InChI=1S/C18H16F2N2/c1-10-6-11(8-13(20)7-10)17-18-14(4-5-21-17)15-9-12(19)2-3-16(15)22-18/h2-3,6-9,17,21-22H,4-5H2,1H3. The van der Waals surface area contributed by atoms with Gasteiger partial charge in [0.1, 0.15) is 11.6 Å². The topological polar surface area (TPSA) is 27.8 Å². The van der Waals surface area contributed by atoms with E-state index in [1.165, 1.54) is 12.1 Å². The molecule has 0 bridgehead atoms. The first-order valence-electron chi connectivity index (χ1n) is 7.42. The van der Waals surface area contributed by atoms with Crippen LogP contribution in [0.25, 0.3) is 10.9 Å². The van der Waals surface area contributed by atoms with Crippen LogP contribution in [0, 0.1) is 18.6 Å². The summed E-state index contributed by atoms with van der Waals surface area (Å²) in [5.74, 6) is -0.461. The summed E-state index contributed by atoms with van der Waals surface area (Å²) in [6, 6.07) is 9.77. The monoisotopic (exact) mass is 298 g/mol. The van der Waals surface area contributed by atoms with E-state index in [0.717, 1.165) is 46.3 Å². The number of benzene rings is 2. The van der Waals surface area contributed by atoms with Gasteiger partial charge in [0.15, 0.2) is 0 Å². The quantitative estimate of drug-likeness (QED) is 0.698. The van der Waals surface area contributed by atoms with Gasteiger partial charge in [-0.1, -0.05) is 6.07 Å². The lowest BCUT2D eigenvalue weighted by Gasteiger charge is -2.25. The SMILES string of the molecule is Cc1cc(F)cc(C2NCCc3c2[nH]c2ccc(F)cc32)c1. The van der Waals surface area contributed by atoms with Gasteiger partial charge in [-0.3, -0.25) is 0 Å². The molecular formula is C18H16F2N2. The van der Waals surface area contributed by atoms with Gasteiger partial charge in [0, 0.05) is 23.1 Å². The van der Waals surface area contributed by atoms with E-state index < -0.39 is 0 Å². The van der Waals surface area contributed by atoms with Gasteiger partial charge in [-0.25, -0.2) is 8.78 Å². The number of nitrogens with one attached hydrogen (secondary N) is 2. The summed E-state index contributed by atoms with van der Waals surface area (Å²) in [4.78, 5) is 3.38. The Kier molecular flexibility index (Phi) is 3.01. The maximum atomic E-state index is 13.7. The number of rotatable bonds is 1. The molecule has 0 spiro atoms. The van der Waals surface area contributed by atoms with Gasteiger partial charge in [-0.15, -0.1) is 0 Å². The molecule has 1 unspecified atom stereocenters. The average molecular weight is 298 g/mol. The maximum absolute atomic E-state index is 13.7. The van der Waals surface area contributed by atoms with Crippen LogP contribution in [-0.2, 0) is 6.42 Å². The molecular weight excluding hydrogens is 282 g/mol. The normalized spacial score (nSPS) is 17.7. The second kappa shape index (κ2) is 4.92. The zero-order valence-electron chi connectivity index (χ0n) is 12.2. The molecule has 4 heteroatoms. The molecule has 4 rings (SSSR count). The molecule has 112 valence electrons. The number of aryl methyl sites for hydroxylation is 1. The lowest BCUT2D eigenvalue weighted by Crippen LogP contribution is -2.30. The third-order valence-corrected chi connectivity index (χ3v) is 4.31. The van der Waals surface area contributed by atoms with E-state index in [0.29, 0.717) is 0 Å². The van der Waals surface area contributed by atoms with Gasteiger partial charge in [0.05, 0.1) is 6.04 Å². The summed E-state index contributed by atoms with van der Waals surface area (Å²) in [6.45, 7) is 2.67. The smallest absolute Gasteiger partial charge is 0.123 e. The molecule has 2 nitrogen and oxygen atoms in total. The molecule has 1 aromatic heterocycles. The summed E-state index contributed by atoms with van der Waals surface area (Å²) < 4.78 is 27.3. The van der Waals surface area contributed by atoms with Crippen molar-refractivity contribution < 1.29 is 8.78 Å². The van der Waals surface area contributed by atoms with Crippen molar-refractivity contribution in [2.24, 2.45) is 0 Å². The fourth-order valence-corrected chi connectivity index (χ4v) is 3.42. The van der Waals surface area contributed by atoms with Gasteiger partial charge in [-0.2, -0.15) is 0 Å². The van der Waals surface area contributed by atoms with Crippen LogP contribution in [0.15, 0.2) is 36.4 Å². The summed E-state index contributed by atoms with van der Waals surface area (Å²) in [5, 5.41) is 4.36. The fourth-order valence-electron chi connectivity index (χ4n) is 3.42. The second-order valence-electron chi connectivity index (χ2n) is 5.91. The van der Waals surface area contributed by atoms with Crippen LogP contribution in [-0.4, -0.2) is 11.5 Å². The highest BCUT2D eigenvalue weighted by molar-refractivity contribution is 5.85. The highest BCUT2D eigenvalue weighted by Crippen LogP contribution is 2.34. The highest BCUT2D eigenvalue weighted by Gasteiger charge is 2.25. The number of aromatic nitrogens is 1. The fraction of sp³-hybridized carbons (Fsp3) is 0.222. The Morgan fingerprint density at radius 3 is 2.73 bits per heavy atom. The van der Waals surface area contributed by atoms with Gasteiger partial charge >= 0.3 is 0 Å². The van der Waals surface area contributed by atoms with Crippen molar-refractivity contribution in [2.45, 2.75) is 19.4 Å². The first-order chi connectivity index (χ1) is 10.6. The Bertz CT molecular complexity index is 847. The van der Waals surface area contributed by atoms with Crippen LogP contribution in [0.3, 0.4) is 0 Å². The molecule has 22 heavy (non-hydrogen) atoms. The van der Waals surface area contributed by atoms with E-state index >= 15 is 0 Å². The first kappa shape index (κ1) is 13.5. The Hall–Kier alpha value is -2.20. The molecule has 2 N–H and O–H groups in total. The van der Waals surface area contributed by atoms with Crippen LogP contribution >= 0.6 is 0 Å². The van der Waals surface area contributed by atoms with Gasteiger partial charge < -0.3 is 10.3 Å². The number of hydrogen-bond acceptors (Lipinski definition) is 1. The van der Waals surface area contributed by atoms with Crippen molar-refractivity contribution in [1.29, 1.82) is 0 Å². The molecule has 1 atom stereocenters. The minimum Gasteiger partial charge on any atom is -0.357 e. The maximum Gasteiger partial charge on any atom is 0.123 e. The Balaban J connectivity index is 1.90. The van der Waals surface area contributed by atoms with E-state index in [1.54, 1.807) is 18.2 Å². The van der Waals surface area contributed by atoms with Crippen LogP contribution in [0.4, 0.5) is 8.78 Å². The van der Waals surface area contributed by atoms with E-state index in [1.807, 2.05) is 13.0 Å². The zero-order chi connectivity index (χ0) is 15.3. The van der Waals surface area contributed by atoms with Crippen molar-refractivity contribution >= 4 is 10.9 Å². The summed E-state index contributed by atoms with van der Waals surface area (Å²) >= 11 is 0. The highest BCUT2D eigenvalue weighted by atomic mass is 19.1. The minimum atomic E-state index is -0.231. The molecule has 0 saturated heterocycles.